The van der Waals surface area contributed by atoms with Crippen molar-refractivity contribution < 1.29 is 0 Å². The highest BCUT2D eigenvalue weighted by Gasteiger charge is 2.07. The summed E-state index contributed by atoms with van der Waals surface area (Å²) in [6.45, 7) is 5.74. The highest BCUT2D eigenvalue weighted by Crippen LogP contribution is 2.24. The van der Waals surface area contributed by atoms with Crippen LogP contribution in [0, 0.1) is 11.3 Å². The molecule has 1 aromatic rings. The Morgan fingerprint density at radius 3 is 2.85 bits per heavy atom. The van der Waals surface area contributed by atoms with E-state index in [1.165, 1.54) is 0 Å². The van der Waals surface area contributed by atoms with Crippen molar-refractivity contribution in [1.29, 1.82) is 5.26 Å². The Balaban J connectivity index is 3.25. The van der Waals surface area contributed by atoms with E-state index in [0.717, 1.165) is 15.6 Å². The first kappa shape index (κ1) is 10.0. The van der Waals surface area contributed by atoms with Crippen LogP contribution in [-0.4, -0.2) is 0 Å². The van der Waals surface area contributed by atoms with Gasteiger partial charge in [-0.25, -0.2) is 0 Å². The quantitative estimate of drug-likeness (QED) is 0.719. The Kier molecular flexibility index (Phi) is 3.27. The van der Waals surface area contributed by atoms with E-state index in [4.69, 9.17) is 5.26 Å². The average Bonchev–Trinajstić information content (AvgIpc) is 2.16. The Morgan fingerprint density at radius 1 is 1.62 bits per heavy atom. The monoisotopic (exact) mass is 235 g/mol. The second-order valence-electron chi connectivity index (χ2n) is 2.87. The molecule has 0 aliphatic heterocycles. The minimum Gasteiger partial charge on any atom is -0.192 e. The Bertz CT molecular complexity index is 363. The topological polar surface area (TPSA) is 23.8 Å². The lowest BCUT2D eigenvalue weighted by Gasteiger charge is -2.08. The normalized spacial score (nSPS) is 11.8. The van der Waals surface area contributed by atoms with Crippen molar-refractivity contribution >= 4 is 15.9 Å². The molecule has 0 heterocycles. The standard InChI is InChI=1S/C11H10BrN/c1-3-8(2)11-6-10(12)5-4-9(11)7-13/h3-6,8H,1H2,2H3. The van der Waals surface area contributed by atoms with E-state index in [9.17, 15) is 0 Å². The van der Waals surface area contributed by atoms with Gasteiger partial charge in [-0.05, 0) is 23.8 Å². The molecule has 0 amide bonds. The van der Waals surface area contributed by atoms with Crippen LogP contribution in [0.25, 0.3) is 0 Å². The fourth-order valence-corrected chi connectivity index (χ4v) is 1.52. The van der Waals surface area contributed by atoms with Crippen molar-refractivity contribution in [3.05, 3.63) is 46.5 Å². The van der Waals surface area contributed by atoms with Crippen molar-refractivity contribution in [2.75, 3.05) is 0 Å². The third-order valence-electron chi connectivity index (χ3n) is 1.98. The van der Waals surface area contributed by atoms with Gasteiger partial charge in [0.15, 0.2) is 0 Å². The second-order valence-corrected chi connectivity index (χ2v) is 3.78. The van der Waals surface area contributed by atoms with Crippen molar-refractivity contribution in [2.24, 2.45) is 0 Å². The third kappa shape index (κ3) is 2.19. The number of rotatable bonds is 2. The predicted molar refractivity (Wildman–Crippen MR) is 57.5 cm³/mol. The molecule has 1 rings (SSSR count). The summed E-state index contributed by atoms with van der Waals surface area (Å²) in [5, 5.41) is 8.85. The highest BCUT2D eigenvalue weighted by atomic mass is 79.9. The number of hydrogen-bond acceptors (Lipinski definition) is 1. The minimum absolute atomic E-state index is 0.215. The van der Waals surface area contributed by atoms with Crippen LogP contribution in [0.2, 0.25) is 0 Å². The molecule has 1 unspecified atom stereocenters. The van der Waals surface area contributed by atoms with Gasteiger partial charge in [0.05, 0.1) is 11.6 Å². The van der Waals surface area contributed by atoms with Crippen LogP contribution < -0.4 is 0 Å². The fraction of sp³-hybridized carbons (Fsp3) is 0.182. The van der Waals surface area contributed by atoms with Crippen LogP contribution in [-0.2, 0) is 0 Å². The molecule has 13 heavy (non-hydrogen) atoms. The van der Waals surface area contributed by atoms with Crippen LogP contribution in [0.1, 0.15) is 24.0 Å². The molecule has 0 saturated heterocycles. The molecule has 0 saturated carbocycles. The van der Waals surface area contributed by atoms with Crippen LogP contribution in [0.5, 0.6) is 0 Å². The molecular weight excluding hydrogens is 226 g/mol. The maximum Gasteiger partial charge on any atom is 0.0994 e. The van der Waals surface area contributed by atoms with E-state index in [1.54, 1.807) is 0 Å². The summed E-state index contributed by atoms with van der Waals surface area (Å²) >= 11 is 3.38. The zero-order valence-corrected chi connectivity index (χ0v) is 9.01. The lowest BCUT2D eigenvalue weighted by atomic mass is 9.97. The van der Waals surface area contributed by atoms with Crippen molar-refractivity contribution in [1.82, 2.24) is 0 Å². The second kappa shape index (κ2) is 4.25. The zero-order valence-electron chi connectivity index (χ0n) is 7.42. The summed E-state index contributed by atoms with van der Waals surface area (Å²) in [5.41, 5.74) is 1.74. The lowest BCUT2D eigenvalue weighted by Crippen LogP contribution is -1.93. The summed E-state index contributed by atoms with van der Waals surface area (Å²) < 4.78 is 0.996. The summed E-state index contributed by atoms with van der Waals surface area (Å²) in [7, 11) is 0. The first-order valence-electron chi connectivity index (χ1n) is 4.01. The number of nitriles is 1. The smallest absolute Gasteiger partial charge is 0.0994 e. The molecular formula is C11H10BrN. The van der Waals surface area contributed by atoms with Gasteiger partial charge in [-0.1, -0.05) is 28.9 Å². The Labute approximate surface area is 86.8 Å². The Hall–Kier alpha value is -1.07. The van der Waals surface area contributed by atoms with Gasteiger partial charge in [0.2, 0.25) is 0 Å². The summed E-state index contributed by atoms with van der Waals surface area (Å²) in [6, 6.07) is 7.82. The van der Waals surface area contributed by atoms with Gasteiger partial charge < -0.3 is 0 Å². The van der Waals surface area contributed by atoms with Gasteiger partial charge in [0, 0.05) is 10.4 Å². The molecule has 1 aromatic carbocycles. The fourth-order valence-electron chi connectivity index (χ4n) is 1.14. The molecule has 0 aromatic heterocycles. The van der Waals surface area contributed by atoms with Gasteiger partial charge in [-0.3, -0.25) is 0 Å². The molecule has 0 aliphatic rings. The minimum atomic E-state index is 0.215. The molecule has 0 radical (unpaired) electrons. The van der Waals surface area contributed by atoms with E-state index >= 15 is 0 Å². The maximum absolute atomic E-state index is 8.85. The van der Waals surface area contributed by atoms with Gasteiger partial charge in [0.25, 0.3) is 0 Å². The predicted octanol–water partition coefficient (Wildman–Crippen LogP) is 3.61. The van der Waals surface area contributed by atoms with Crippen LogP contribution in [0.15, 0.2) is 35.3 Å². The maximum atomic E-state index is 8.85. The number of benzene rings is 1. The number of allylic oxidation sites excluding steroid dienone is 1. The molecule has 0 N–H and O–H groups in total. The molecule has 0 aliphatic carbocycles. The molecule has 2 heteroatoms. The third-order valence-corrected chi connectivity index (χ3v) is 2.47. The van der Waals surface area contributed by atoms with E-state index in [2.05, 4.69) is 28.6 Å². The Morgan fingerprint density at radius 2 is 2.31 bits per heavy atom. The molecule has 1 nitrogen and oxygen atoms in total. The molecule has 0 spiro atoms. The van der Waals surface area contributed by atoms with Gasteiger partial charge in [-0.2, -0.15) is 5.26 Å². The van der Waals surface area contributed by atoms with Crippen molar-refractivity contribution in [3.63, 3.8) is 0 Å². The molecule has 1 atom stereocenters. The summed E-state index contributed by atoms with van der Waals surface area (Å²) in [4.78, 5) is 0. The first-order valence-corrected chi connectivity index (χ1v) is 4.80. The number of halogens is 1. The highest BCUT2D eigenvalue weighted by molar-refractivity contribution is 9.10. The van der Waals surface area contributed by atoms with Crippen LogP contribution in [0.3, 0.4) is 0 Å². The van der Waals surface area contributed by atoms with E-state index in [0.29, 0.717) is 0 Å². The average molecular weight is 236 g/mol. The lowest BCUT2D eigenvalue weighted by molar-refractivity contribution is 0.963. The summed E-state index contributed by atoms with van der Waals surface area (Å²) in [6.07, 6.45) is 1.84. The van der Waals surface area contributed by atoms with E-state index in [1.807, 2.05) is 31.2 Å². The van der Waals surface area contributed by atoms with Crippen molar-refractivity contribution in [2.45, 2.75) is 12.8 Å². The van der Waals surface area contributed by atoms with Crippen LogP contribution in [0.4, 0.5) is 0 Å². The number of hydrogen-bond donors (Lipinski definition) is 0. The van der Waals surface area contributed by atoms with E-state index in [-0.39, 0.29) is 5.92 Å². The molecule has 66 valence electrons. The van der Waals surface area contributed by atoms with E-state index < -0.39 is 0 Å². The first-order chi connectivity index (χ1) is 6.19. The molecule has 0 bridgehead atoms. The van der Waals surface area contributed by atoms with Gasteiger partial charge in [-0.15, -0.1) is 6.58 Å². The zero-order chi connectivity index (χ0) is 9.84. The van der Waals surface area contributed by atoms with Gasteiger partial charge in [0.1, 0.15) is 0 Å². The SMILES string of the molecule is C=CC(C)c1cc(Br)ccc1C#N. The summed E-state index contributed by atoms with van der Waals surface area (Å²) in [5.74, 6) is 0.215. The largest absolute Gasteiger partial charge is 0.192 e. The molecule has 0 fully saturated rings. The van der Waals surface area contributed by atoms with Gasteiger partial charge >= 0.3 is 0 Å². The van der Waals surface area contributed by atoms with Crippen molar-refractivity contribution in [3.8, 4) is 6.07 Å². The van der Waals surface area contributed by atoms with Crippen LogP contribution >= 0.6 is 15.9 Å². The number of nitrogens with zero attached hydrogens (tertiary/aromatic N) is 1.